The van der Waals surface area contributed by atoms with Gasteiger partial charge in [-0.2, -0.15) is 0 Å². The molecule has 3 rings (SSSR count). The minimum Gasteiger partial charge on any atom is -0.331 e. The number of aliphatic imine (C=N–C) groups is 2. The van der Waals surface area contributed by atoms with Crippen molar-refractivity contribution in [2.45, 2.75) is 0 Å². The van der Waals surface area contributed by atoms with Gasteiger partial charge in [0.25, 0.3) is 0 Å². The zero-order valence-corrected chi connectivity index (χ0v) is 9.08. The highest BCUT2D eigenvalue weighted by molar-refractivity contribution is 5.84. The Morgan fingerprint density at radius 3 is 1.50 bits per heavy atom. The molecule has 16 heavy (non-hydrogen) atoms. The van der Waals surface area contributed by atoms with E-state index in [1.54, 1.807) is 0 Å². The van der Waals surface area contributed by atoms with E-state index in [4.69, 9.17) is 0 Å². The van der Waals surface area contributed by atoms with Crippen LogP contribution in [0.15, 0.2) is 34.3 Å². The standard InChI is InChI=1S/C12H14N4/c1-2-12(16-8-6-14-10-16)4-3-11(1)15-7-5-13-9-15/h1-4,9-10H,5-8H2. The summed E-state index contributed by atoms with van der Waals surface area (Å²) in [7, 11) is 0. The summed E-state index contributed by atoms with van der Waals surface area (Å²) in [5.74, 6) is 0. The van der Waals surface area contributed by atoms with Crippen molar-refractivity contribution in [3.05, 3.63) is 24.3 Å². The minimum atomic E-state index is 0.903. The van der Waals surface area contributed by atoms with Gasteiger partial charge in [-0.05, 0) is 24.3 Å². The first-order valence-electron chi connectivity index (χ1n) is 5.57. The molecule has 0 N–H and O–H groups in total. The molecule has 1 aromatic rings. The summed E-state index contributed by atoms with van der Waals surface area (Å²) < 4.78 is 0. The Labute approximate surface area is 94.9 Å². The fraction of sp³-hybridized carbons (Fsp3) is 0.333. The van der Waals surface area contributed by atoms with E-state index in [-0.39, 0.29) is 0 Å². The van der Waals surface area contributed by atoms with Gasteiger partial charge in [0.15, 0.2) is 0 Å². The maximum atomic E-state index is 4.21. The molecular formula is C12H14N4. The fourth-order valence-electron chi connectivity index (χ4n) is 1.99. The maximum Gasteiger partial charge on any atom is 0.0895 e. The van der Waals surface area contributed by atoms with Crippen molar-refractivity contribution in [1.29, 1.82) is 0 Å². The second-order valence-corrected chi connectivity index (χ2v) is 3.95. The minimum absolute atomic E-state index is 0.903. The molecule has 82 valence electrons. The Morgan fingerprint density at radius 2 is 1.19 bits per heavy atom. The molecule has 0 spiro atoms. The van der Waals surface area contributed by atoms with Crippen LogP contribution in [-0.2, 0) is 0 Å². The lowest BCUT2D eigenvalue weighted by atomic mass is 10.2. The van der Waals surface area contributed by atoms with Crippen molar-refractivity contribution in [2.24, 2.45) is 9.98 Å². The molecule has 0 bridgehead atoms. The Kier molecular flexibility index (Phi) is 2.33. The molecule has 0 radical (unpaired) electrons. The Bertz CT molecular complexity index is 380. The highest BCUT2D eigenvalue weighted by atomic mass is 15.2. The lowest BCUT2D eigenvalue weighted by Gasteiger charge is -2.17. The number of benzene rings is 1. The zero-order valence-electron chi connectivity index (χ0n) is 9.08. The van der Waals surface area contributed by atoms with Crippen molar-refractivity contribution in [3.8, 4) is 0 Å². The topological polar surface area (TPSA) is 31.2 Å². The van der Waals surface area contributed by atoms with Crippen molar-refractivity contribution in [3.63, 3.8) is 0 Å². The van der Waals surface area contributed by atoms with E-state index in [2.05, 4.69) is 44.1 Å². The second-order valence-electron chi connectivity index (χ2n) is 3.95. The van der Waals surface area contributed by atoms with Crippen LogP contribution in [-0.4, -0.2) is 38.9 Å². The molecule has 0 unspecified atom stereocenters. The highest BCUT2D eigenvalue weighted by Gasteiger charge is 2.10. The first kappa shape index (κ1) is 9.39. The highest BCUT2D eigenvalue weighted by Crippen LogP contribution is 2.21. The fourth-order valence-corrected chi connectivity index (χ4v) is 1.99. The largest absolute Gasteiger partial charge is 0.331 e. The SMILES string of the molecule is C1=NCCN1c1ccc(N2C=NCC2)cc1. The molecule has 4 nitrogen and oxygen atoms in total. The van der Waals surface area contributed by atoms with Crippen LogP contribution in [0.1, 0.15) is 0 Å². The van der Waals surface area contributed by atoms with Crippen LogP contribution in [0.2, 0.25) is 0 Å². The summed E-state index contributed by atoms with van der Waals surface area (Å²) in [6.45, 7) is 3.79. The van der Waals surface area contributed by atoms with Gasteiger partial charge in [-0.25, -0.2) is 0 Å². The zero-order chi connectivity index (χ0) is 10.8. The summed E-state index contributed by atoms with van der Waals surface area (Å²) >= 11 is 0. The number of rotatable bonds is 2. The molecule has 0 saturated heterocycles. The summed E-state index contributed by atoms with van der Waals surface area (Å²) in [6.07, 6.45) is 3.82. The predicted octanol–water partition coefficient (Wildman–Crippen LogP) is 1.38. The molecule has 0 amide bonds. The molecule has 2 heterocycles. The van der Waals surface area contributed by atoms with Gasteiger partial charge >= 0.3 is 0 Å². The lowest BCUT2D eigenvalue weighted by Crippen LogP contribution is -2.20. The van der Waals surface area contributed by atoms with Crippen molar-refractivity contribution in [2.75, 3.05) is 36.0 Å². The summed E-state index contributed by atoms with van der Waals surface area (Å²) in [6, 6.07) is 8.55. The second kappa shape index (κ2) is 3.96. The van der Waals surface area contributed by atoms with Crippen LogP contribution in [0.3, 0.4) is 0 Å². The van der Waals surface area contributed by atoms with Gasteiger partial charge in [-0.1, -0.05) is 0 Å². The van der Waals surface area contributed by atoms with E-state index in [0.717, 1.165) is 26.2 Å². The Morgan fingerprint density at radius 1 is 0.750 bits per heavy atom. The van der Waals surface area contributed by atoms with Crippen molar-refractivity contribution < 1.29 is 0 Å². The predicted molar refractivity (Wildman–Crippen MR) is 67.9 cm³/mol. The van der Waals surface area contributed by atoms with Crippen molar-refractivity contribution >= 4 is 24.1 Å². The third-order valence-corrected chi connectivity index (χ3v) is 2.90. The molecule has 0 aliphatic carbocycles. The number of anilines is 2. The third-order valence-electron chi connectivity index (χ3n) is 2.90. The van der Waals surface area contributed by atoms with Crippen LogP contribution >= 0.6 is 0 Å². The van der Waals surface area contributed by atoms with Crippen LogP contribution in [0.25, 0.3) is 0 Å². The quantitative estimate of drug-likeness (QED) is 0.744. The molecule has 1 aromatic carbocycles. The average molecular weight is 214 g/mol. The van der Waals surface area contributed by atoms with Crippen molar-refractivity contribution in [1.82, 2.24) is 0 Å². The molecule has 0 fully saturated rings. The first-order chi connectivity index (χ1) is 7.93. The maximum absolute atomic E-state index is 4.21. The molecule has 4 heteroatoms. The summed E-state index contributed by atoms with van der Waals surface area (Å²) in [4.78, 5) is 12.8. The van der Waals surface area contributed by atoms with Crippen LogP contribution in [0, 0.1) is 0 Å². The van der Waals surface area contributed by atoms with Gasteiger partial charge in [0.2, 0.25) is 0 Å². The van der Waals surface area contributed by atoms with Gasteiger partial charge in [0.1, 0.15) is 0 Å². The van der Waals surface area contributed by atoms with E-state index in [9.17, 15) is 0 Å². The molecule has 0 saturated carbocycles. The van der Waals surface area contributed by atoms with Gasteiger partial charge in [-0.15, -0.1) is 0 Å². The Hall–Kier alpha value is -1.84. The van der Waals surface area contributed by atoms with Gasteiger partial charge in [-0.3, -0.25) is 9.98 Å². The monoisotopic (exact) mass is 214 g/mol. The number of nitrogens with zero attached hydrogens (tertiary/aromatic N) is 4. The number of hydrogen-bond donors (Lipinski definition) is 0. The van der Waals surface area contributed by atoms with Gasteiger partial charge in [0, 0.05) is 24.5 Å². The molecule has 2 aliphatic heterocycles. The summed E-state index contributed by atoms with van der Waals surface area (Å²) in [5, 5.41) is 0. The first-order valence-corrected chi connectivity index (χ1v) is 5.57. The summed E-state index contributed by atoms with van der Waals surface area (Å²) in [5.41, 5.74) is 2.42. The molecule has 0 atom stereocenters. The smallest absolute Gasteiger partial charge is 0.0895 e. The van der Waals surface area contributed by atoms with Gasteiger partial charge in [0.05, 0.1) is 25.8 Å². The van der Waals surface area contributed by atoms with Gasteiger partial charge < -0.3 is 9.80 Å². The van der Waals surface area contributed by atoms with E-state index in [0.29, 0.717) is 0 Å². The Balaban J connectivity index is 1.79. The van der Waals surface area contributed by atoms with Crippen LogP contribution < -0.4 is 9.80 Å². The van der Waals surface area contributed by atoms with E-state index >= 15 is 0 Å². The normalized spacial score (nSPS) is 18.8. The van der Waals surface area contributed by atoms with E-state index in [1.807, 2.05) is 12.7 Å². The molecule has 2 aliphatic rings. The average Bonchev–Trinajstić information content (AvgIpc) is 3.03. The van der Waals surface area contributed by atoms with Crippen LogP contribution in [0.4, 0.5) is 11.4 Å². The third kappa shape index (κ3) is 1.66. The molecular weight excluding hydrogens is 200 g/mol. The van der Waals surface area contributed by atoms with E-state index in [1.165, 1.54) is 11.4 Å². The molecule has 0 aromatic heterocycles. The van der Waals surface area contributed by atoms with Crippen LogP contribution in [0.5, 0.6) is 0 Å². The van der Waals surface area contributed by atoms with E-state index < -0.39 is 0 Å². The number of hydrogen-bond acceptors (Lipinski definition) is 4. The lowest BCUT2D eigenvalue weighted by molar-refractivity contribution is 1.02.